The van der Waals surface area contributed by atoms with Crippen LogP contribution in [0.2, 0.25) is 0 Å². The highest BCUT2D eigenvalue weighted by atomic mass is 19.1. The van der Waals surface area contributed by atoms with Crippen LogP contribution >= 0.6 is 0 Å². The van der Waals surface area contributed by atoms with Crippen LogP contribution in [0.4, 0.5) is 4.39 Å². The smallest absolute Gasteiger partial charge is 0.251 e. The molecule has 7 heteroatoms. The highest BCUT2D eigenvalue weighted by Gasteiger charge is 2.30. The summed E-state index contributed by atoms with van der Waals surface area (Å²) in [6.07, 6.45) is 7.46. The Morgan fingerprint density at radius 2 is 2.06 bits per heavy atom. The number of nitrogens with one attached hydrogen (secondary N) is 1. The van der Waals surface area contributed by atoms with Crippen LogP contribution in [0, 0.1) is 11.7 Å². The van der Waals surface area contributed by atoms with Gasteiger partial charge in [0.05, 0.1) is 23.8 Å². The molecule has 0 radical (unpaired) electrons. The van der Waals surface area contributed by atoms with Crippen LogP contribution in [0.3, 0.4) is 0 Å². The van der Waals surface area contributed by atoms with Crippen LogP contribution in [0.15, 0.2) is 61.2 Å². The predicted octanol–water partition coefficient (Wildman–Crippen LogP) is 3.82. The summed E-state index contributed by atoms with van der Waals surface area (Å²) in [6.45, 7) is 5.80. The number of amides is 1. The van der Waals surface area contributed by atoms with Crippen molar-refractivity contribution in [3.05, 3.63) is 84.0 Å². The number of likely N-dealkylation sites (tertiary alicyclic amines) is 1. The summed E-state index contributed by atoms with van der Waals surface area (Å²) < 4.78 is 15.8. The van der Waals surface area contributed by atoms with Crippen LogP contribution in [0.25, 0.3) is 0 Å². The van der Waals surface area contributed by atoms with Crippen molar-refractivity contribution in [1.82, 2.24) is 24.8 Å². The zero-order valence-corrected chi connectivity index (χ0v) is 17.7. The van der Waals surface area contributed by atoms with E-state index in [0.717, 1.165) is 44.7 Å². The minimum atomic E-state index is -0.415. The summed E-state index contributed by atoms with van der Waals surface area (Å²) in [6, 6.07) is 11.3. The molecule has 1 saturated heterocycles. The quantitative estimate of drug-likeness (QED) is 0.630. The Hall–Kier alpha value is -3.06. The lowest BCUT2D eigenvalue weighted by molar-refractivity contribution is 0.0887. The van der Waals surface area contributed by atoms with Crippen molar-refractivity contribution >= 4 is 5.91 Å². The van der Waals surface area contributed by atoms with Crippen molar-refractivity contribution in [1.29, 1.82) is 0 Å². The number of halogens is 1. The molecule has 0 spiro atoms. The Kier molecular flexibility index (Phi) is 6.72. The Morgan fingerprint density at radius 1 is 1.23 bits per heavy atom. The first-order valence-electron chi connectivity index (χ1n) is 10.8. The zero-order chi connectivity index (χ0) is 21.6. The minimum Gasteiger partial charge on any atom is -0.343 e. The van der Waals surface area contributed by atoms with E-state index in [1.807, 2.05) is 30.7 Å². The molecule has 1 atom stereocenters. The summed E-state index contributed by atoms with van der Waals surface area (Å²) in [7, 11) is 0. The van der Waals surface area contributed by atoms with E-state index in [2.05, 4.69) is 31.7 Å². The maximum Gasteiger partial charge on any atom is 0.251 e. The third-order valence-corrected chi connectivity index (χ3v) is 6.01. The summed E-state index contributed by atoms with van der Waals surface area (Å²) in [5, 5.41) is 3.12. The Balaban J connectivity index is 1.45. The highest BCUT2D eigenvalue weighted by Crippen LogP contribution is 2.31. The molecule has 1 aromatic carbocycles. The van der Waals surface area contributed by atoms with Gasteiger partial charge in [-0.2, -0.15) is 0 Å². The molecule has 2 aromatic heterocycles. The van der Waals surface area contributed by atoms with Gasteiger partial charge in [-0.15, -0.1) is 0 Å². The standard InChI is InChI=1S/C24H28FN5O/c1-2-30-17-26-15-21(30)16-29-12-9-18(10-13-29)23(22-8-3-4-11-27-22)28-24(31)19-6-5-7-20(25)14-19/h3-8,11,14-15,17-18,23H,2,9-10,12-13,16H2,1H3,(H,28,31). The molecule has 0 saturated carbocycles. The lowest BCUT2D eigenvalue weighted by atomic mass is 9.87. The van der Waals surface area contributed by atoms with E-state index < -0.39 is 5.82 Å². The van der Waals surface area contributed by atoms with Crippen LogP contribution in [-0.4, -0.2) is 38.4 Å². The molecule has 0 bridgehead atoms. The zero-order valence-electron chi connectivity index (χ0n) is 17.7. The number of hydrogen-bond acceptors (Lipinski definition) is 4. The Morgan fingerprint density at radius 3 is 2.77 bits per heavy atom. The molecule has 1 unspecified atom stereocenters. The first-order valence-corrected chi connectivity index (χ1v) is 10.8. The maximum atomic E-state index is 13.6. The number of hydrogen-bond donors (Lipinski definition) is 1. The van der Waals surface area contributed by atoms with Crippen molar-refractivity contribution in [2.24, 2.45) is 5.92 Å². The number of piperidine rings is 1. The van der Waals surface area contributed by atoms with Gasteiger partial charge in [-0.1, -0.05) is 12.1 Å². The van der Waals surface area contributed by atoms with E-state index in [1.54, 1.807) is 18.3 Å². The molecule has 1 fully saturated rings. The van der Waals surface area contributed by atoms with Gasteiger partial charge in [0, 0.05) is 31.0 Å². The maximum absolute atomic E-state index is 13.6. The lowest BCUT2D eigenvalue weighted by Gasteiger charge is -2.36. The third-order valence-electron chi connectivity index (χ3n) is 6.01. The fourth-order valence-corrected chi connectivity index (χ4v) is 4.29. The van der Waals surface area contributed by atoms with Gasteiger partial charge in [0.1, 0.15) is 5.82 Å². The molecule has 162 valence electrons. The van der Waals surface area contributed by atoms with Crippen molar-refractivity contribution in [3.63, 3.8) is 0 Å². The number of imidazole rings is 1. The molecule has 1 aliphatic heterocycles. The monoisotopic (exact) mass is 421 g/mol. The van der Waals surface area contributed by atoms with Crippen molar-refractivity contribution in [2.75, 3.05) is 13.1 Å². The largest absolute Gasteiger partial charge is 0.343 e. The molecule has 1 N–H and O–H groups in total. The van der Waals surface area contributed by atoms with Crippen LogP contribution in [0.1, 0.15) is 47.6 Å². The van der Waals surface area contributed by atoms with E-state index in [0.29, 0.717) is 5.56 Å². The van der Waals surface area contributed by atoms with Gasteiger partial charge in [-0.25, -0.2) is 9.37 Å². The summed E-state index contributed by atoms with van der Waals surface area (Å²) in [4.78, 5) is 24.0. The van der Waals surface area contributed by atoms with Gasteiger partial charge in [0.2, 0.25) is 0 Å². The molecule has 4 rings (SSSR count). The molecular weight excluding hydrogens is 393 g/mol. The van der Waals surface area contributed by atoms with Gasteiger partial charge in [0.25, 0.3) is 5.91 Å². The van der Waals surface area contributed by atoms with Crippen LogP contribution < -0.4 is 5.32 Å². The van der Waals surface area contributed by atoms with Gasteiger partial charge < -0.3 is 9.88 Å². The molecule has 6 nitrogen and oxygen atoms in total. The van der Waals surface area contributed by atoms with E-state index in [4.69, 9.17) is 0 Å². The number of carbonyl (C=O) groups is 1. The van der Waals surface area contributed by atoms with Crippen molar-refractivity contribution < 1.29 is 9.18 Å². The Bertz CT molecular complexity index is 998. The average molecular weight is 422 g/mol. The van der Waals surface area contributed by atoms with E-state index >= 15 is 0 Å². The fraction of sp³-hybridized carbons (Fsp3) is 0.375. The van der Waals surface area contributed by atoms with Gasteiger partial charge in [0.15, 0.2) is 0 Å². The normalized spacial score (nSPS) is 16.2. The van der Waals surface area contributed by atoms with Crippen LogP contribution in [0.5, 0.6) is 0 Å². The molecule has 0 aliphatic carbocycles. The second-order valence-electron chi connectivity index (χ2n) is 8.00. The SMILES string of the molecule is CCn1cncc1CN1CCC(C(NC(=O)c2cccc(F)c2)c2ccccn2)CC1. The number of aromatic nitrogens is 3. The third kappa shape index (κ3) is 5.17. The van der Waals surface area contributed by atoms with E-state index in [9.17, 15) is 9.18 Å². The van der Waals surface area contributed by atoms with E-state index in [-0.39, 0.29) is 17.9 Å². The number of pyridine rings is 1. The summed E-state index contributed by atoms with van der Waals surface area (Å²) >= 11 is 0. The molecule has 1 amide bonds. The molecule has 31 heavy (non-hydrogen) atoms. The number of benzene rings is 1. The second-order valence-corrected chi connectivity index (χ2v) is 8.00. The predicted molar refractivity (Wildman–Crippen MR) is 117 cm³/mol. The molecule has 3 aromatic rings. The number of rotatable bonds is 7. The van der Waals surface area contributed by atoms with Gasteiger partial charge >= 0.3 is 0 Å². The number of aryl methyl sites for hydroxylation is 1. The molecular formula is C24H28FN5O. The van der Waals surface area contributed by atoms with Crippen molar-refractivity contribution in [2.45, 2.75) is 38.9 Å². The molecule has 3 heterocycles. The van der Waals surface area contributed by atoms with E-state index in [1.165, 1.54) is 17.8 Å². The van der Waals surface area contributed by atoms with Gasteiger partial charge in [-0.05, 0) is 69.1 Å². The number of nitrogens with zero attached hydrogens (tertiary/aromatic N) is 4. The number of carbonyl (C=O) groups excluding carboxylic acids is 1. The molecule has 1 aliphatic rings. The highest BCUT2D eigenvalue weighted by molar-refractivity contribution is 5.94. The first-order chi connectivity index (χ1) is 15.1. The summed E-state index contributed by atoms with van der Waals surface area (Å²) in [5.74, 6) is -0.425. The lowest BCUT2D eigenvalue weighted by Crippen LogP contribution is -2.41. The average Bonchev–Trinajstić information content (AvgIpc) is 3.25. The first kappa shape index (κ1) is 21.2. The van der Waals surface area contributed by atoms with Crippen LogP contribution in [-0.2, 0) is 13.1 Å². The summed E-state index contributed by atoms with van der Waals surface area (Å²) in [5.41, 5.74) is 2.39. The van der Waals surface area contributed by atoms with Gasteiger partial charge in [-0.3, -0.25) is 14.7 Å². The minimum absolute atomic E-state index is 0.208. The second kappa shape index (κ2) is 9.83. The van der Waals surface area contributed by atoms with Crippen molar-refractivity contribution in [3.8, 4) is 0 Å². The Labute approximate surface area is 182 Å². The fourth-order valence-electron chi connectivity index (χ4n) is 4.29. The topological polar surface area (TPSA) is 63.1 Å².